The molecule has 0 aliphatic heterocycles. The average Bonchev–Trinajstić information content (AvgIpc) is 2.88. The third-order valence-corrected chi connectivity index (χ3v) is 3.97. The SMILES string of the molecule is CCCNCc1ncn(C2CCCC(CC)C2)n1. The molecule has 18 heavy (non-hydrogen) atoms. The number of hydrogen-bond acceptors (Lipinski definition) is 3. The minimum Gasteiger partial charge on any atom is -0.310 e. The molecule has 4 nitrogen and oxygen atoms in total. The molecule has 2 unspecified atom stereocenters. The molecule has 4 heteroatoms. The maximum Gasteiger partial charge on any atom is 0.164 e. The zero-order valence-electron chi connectivity index (χ0n) is 11.7. The largest absolute Gasteiger partial charge is 0.310 e. The average molecular weight is 250 g/mol. The lowest BCUT2D eigenvalue weighted by molar-refractivity contribution is 0.246. The van der Waals surface area contributed by atoms with Crippen LogP contribution in [-0.4, -0.2) is 21.3 Å². The van der Waals surface area contributed by atoms with E-state index in [9.17, 15) is 0 Å². The fourth-order valence-corrected chi connectivity index (χ4v) is 2.82. The molecule has 0 bridgehead atoms. The van der Waals surface area contributed by atoms with Crippen LogP contribution in [0.5, 0.6) is 0 Å². The van der Waals surface area contributed by atoms with Gasteiger partial charge in [0.1, 0.15) is 6.33 Å². The van der Waals surface area contributed by atoms with E-state index in [4.69, 9.17) is 0 Å². The molecule has 1 aliphatic rings. The van der Waals surface area contributed by atoms with Crippen molar-refractivity contribution in [3.63, 3.8) is 0 Å². The van der Waals surface area contributed by atoms with Gasteiger partial charge in [0.15, 0.2) is 5.82 Å². The Labute approximate surface area is 110 Å². The van der Waals surface area contributed by atoms with Crippen molar-refractivity contribution in [2.24, 2.45) is 5.92 Å². The van der Waals surface area contributed by atoms with Crippen molar-refractivity contribution >= 4 is 0 Å². The molecule has 102 valence electrons. The molecule has 1 aromatic heterocycles. The van der Waals surface area contributed by atoms with E-state index >= 15 is 0 Å². The molecule has 0 amide bonds. The molecule has 0 spiro atoms. The molecule has 1 saturated carbocycles. The smallest absolute Gasteiger partial charge is 0.164 e. The second-order valence-electron chi connectivity index (χ2n) is 5.41. The highest BCUT2D eigenvalue weighted by Gasteiger charge is 2.22. The molecule has 0 saturated heterocycles. The van der Waals surface area contributed by atoms with Crippen LogP contribution in [0.25, 0.3) is 0 Å². The summed E-state index contributed by atoms with van der Waals surface area (Å²) < 4.78 is 2.10. The first-order valence-electron chi connectivity index (χ1n) is 7.44. The first kappa shape index (κ1) is 13.5. The fraction of sp³-hybridized carbons (Fsp3) is 0.857. The van der Waals surface area contributed by atoms with Gasteiger partial charge in [0.25, 0.3) is 0 Å². The Balaban J connectivity index is 1.88. The lowest BCUT2D eigenvalue weighted by atomic mass is 9.84. The molecular formula is C14H26N4. The van der Waals surface area contributed by atoms with Crippen molar-refractivity contribution in [2.45, 2.75) is 65.0 Å². The van der Waals surface area contributed by atoms with Crippen molar-refractivity contribution in [3.05, 3.63) is 12.2 Å². The summed E-state index contributed by atoms with van der Waals surface area (Å²) in [5, 5.41) is 7.97. The Morgan fingerprint density at radius 3 is 3.06 bits per heavy atom. The number of rotatable bonds is 6. The van der Waals surface area contributed by atoms with E-state index in [1.807, 2.05) is 6.33 Å². The molecule has 1 heterocycles. The van der Waals surface area contributed by atoms with Gasteiger partial charge in [-0.3, -0.25) is 0 Å². The van der Waals surface area contributed by atoms with Crippen molar-refractivity contribution < 1.29 is 0 Å². The quantitative estimate of drug-likeness (QED) is 0.789. The maximum atomic E-state index is 4.62. The van der Waals surface area contributed by atoms with Crippen molar-refractivity contribution in [3.8, 4) is 0 Å². The molecule has 1 aliphatic carbocycles. The predicted molar refractivity (Wildman–Crippen MR) is 73.3 cm³/mol. The standard InChI is InChI=1S/C14H26N4/c1-3-8-15-10-14-16-11-18(17-14)13-7-5-6-12(4-2)9-13/h11-13,15H,3-10H2,1-2H3. The maximum absolute atomic E-state index is 4.62. The van der Waals surface area contributed by atoms with Gasteiger partial charge in [0.2, 0.25) is 0 Å². The van der Waals surface area contributed by atoms with Gasteiger partial charge in [0, 0.05) is 0 Å². The van der Waals surface area contributed by atoms with Crippen molar-refractivity contribution in [1.82, 2.24) is 20.1 Å². The summed E-state index contributed by atoms with van der Waals surface area (Å²) in [4.78, 5) is 4.40. The van der Waals surface area contributed by atoms with Gasteiger partial charge in [-0.2, -0.15) is 5.10 Å². The first-order chi connectivity index (χ1) is 8.83. The zero-order valence-corrected chi connectivity index (χ0v) is 11.7. The highest BCUT2D eigenvalue weighted by atomic mass is 15.3. The van der Waals surface area contributed by atoms with E-state index in [2.05, 4.69) is 33.9 Å². The van der Waals surface area contributed by atoms with Crippen LogP contribution in [-0.2, 0) is 6.54 Å². The van der Waals surface area contributed by atoms with Gasteiger partial charge in [0.05, 0.1) is 12.6 Å². The van der Waals surface area contributed by atoms with Gasteiger partial charge in [-0.15, -0.1) is 0 Å². The van der Waals surface area contributed by atoms with Crippen LogP contribution < -0.4 is 5.32 Å². The van der Waals surface area contributed by atoms with E-state index in [1.54, 1.807) is 0 Å². The van der Waals surface area contributed by atoms with Crippen LogP contribution in [0.3, 0.4) is 0 Å². The third-order valence-electron chi connectivity index (χ3n) is 3.97. The minimum absolute atomic E-state index is 0.580. The molecular weight excluding hydrogens is 224 g/mol. The van der Waals surface area contributed by atoms with Gasteiger partial charge >= 0.3 is 0 Å². The highest BCUT2D eigenvalue weighted by Crippen LogP contribution is 2.33. The van der Waals surface area contributed by atoms with Gasteiger partial charge in [-0.1, -0.05) is 33.1 Å². The minimum atomic E-state index is 0.580. The summed E-state index contributed by atoms with van der Waals surface area (Å²) in [6.45, 7) is 6.31. The molecule has 2 rings (SSSR count). The van der Waals surface area contributed by atoms with Gasteiger partial charge < -0.3 is 5.32 Å². The summed E-state index contributed by atoms with van der Waals surface area (Å²) >= 11 is 0. The monoisotopic (exact) mass is 250 g/mol. The van der Waals surface area contributed by atoms with Crippen LogP contribution in [0.15, 0.2) is 6.33 Å². The van der Waals surface area contributed by atoms with Gasteiger partial charge in [-0.05, 0) is 31.7 Å². The topological polar surface area (TPSA) is 42.7 Å². The Morgan fingerprint density at radius 2 is 2.28 bits per heavy atom. The van der Waals surface area contributed by atoms with Crippen LogP contribution in [0, 0.1) is 5.92 Å². The first-order valence-corrected chi connectivity index (χ1v) is 7.44. The zero-order chi connectivity index (χ0) is 12.8. The Hall–Kier alpha value is -0.900. The fourth-order valence-electron chi connectivity index (χ4n) is 2.82. The Morgan fingerprint density at radius 1 is 1.39 bits per heavy atom. The van der Waals surface area contributed by atoms with E-state index in [-0.39, 0.29) is 0 Å². The molecule has 0 aromatic carbocycles. The molecule has 1 aromatic rings. The Bertz CT molecular complexity index is 347. The summed E-state index contributed by atoms with van der Waals surface area (Å²) in [7, 11) is 0. The lowest BCUT2D eigenvalue weighted by Gasteiger charge is -2.28. The number of nitrogens with one attached hydrogen (secondary N) is 1. The number of aromatic nitrogens is 3. The molecule has 1 fully saturated rings. The van der Waals surface area contributed by atoms with Crippen molar-refractivity contribution in [1.29, 1.82) is 0 Å². The Kier molecular flexibility index (Phi) is 5.17. The molecule has 0 radical (unpaired) electrons. The summed E-state index contributed by atoms with van der Waals surface area (Å²) in [6, 6.07) is 0.580. The molecule has 2 atom stereocenters. The van der Waals surface area contributed by atoms with Crippen LogP contribution in [0.1, 0.15) is 64.2 Å². The second kappa shape index (κ2) is 6.88. The summed E-state index contributed by atoms with van der Waals surface area (Å²) in [5.41, 5.74) is 0. The van der Waals surface area contributed by atoms with E-state index < -0.39 is 0 Å². The van der Waals surface area contributed by atoms with Crippen LogP contribution in [0.2, 0.25) is 0 Å². The van der Waals surface area contributed by atoms with Crippen LogP contribution in [0.4, 0.5) is 0 Å². The van der Waals surface area contributed by atoms with Crippen LogP contribution >= 0.6 is 0 Å². The van der Waals surface area contributed by atoms with Crippen molar-refractivity contribution in [2.75, 3.05) is 6.54 Å². The lowest BCUT2D eigenvalue weighted by Crippen LogP contribution is -2.20. The van der Waals surface area contributed by atoms with Gasteiger partial charge in [-0.25, -0.2) is 9.67 Å². The normalized spacial score (nSPS) is 24.3. The molecule has 1 N–H and O–H groups in total. The predicted octanol–water partition coefficient (Wildman–Crippen LogP) is 2.92. The highest BCUT2D eigenvalue weighted by molar-refractivity contribution is 4.85. The van der Waals surface area contributed by atoms with E-state index in [1.165, 1.54) is 32.1 Å². The summed E-state index contributed by atoms with van der Waals surface area (Å²) in [6.07, 6.45) is 9.66. The number of nitrogens with zero attached hydrogens (tertiary/aromatic N) is 3. The summed E-state index contributed by atoms with van der Waals surface area (Å²) in [5.74, 6) is 1.82. The third kappa shape index (κ3) is 3.55. The number of hydrogen-bond donors (Lipinski definition) is 1. The van der Waals surface area contributed by atoms with E-state index in [0.29, 0.717) is 6.04 Å². The second-order valence-corrected chi connectivity index (χ2v) is 5.41. The van der Waals surface area contributed by atoms with E-state index in [0.717, 1.165) is 31.3 Å².